The molecule has 0 bridgehead atoms. The van der Waals surface area contributed by atoms with Gasteiger partial charge in [-0.15, -0.1) is 0 Å². The van der Waals surface area contributed by atoms with Crippen molar-refractivity contribution in [3.8, 4) is 0 Å². The summed E-state index contributed by atoms with van der Waals surface area (Å²) in [5.41, 5.74) is 0.449. The van der Waals surface area contributed by atoms with E-state index >= 15 is 0 Å². The zero-order valence-electron chi connectivity index (χ0n) is 10.5. The van der Waals surface area contributed by atoms with Gasteiger partial charge in [-0.2, -0.15) is 0 Å². The van der Waals surface area contributed by atoms with E-state index in [0.717, 1.165) is 32.4 Å². The van der Waals surface area contributed by atoms with Crippen molar-refractivity contribution in [1.82, 2.24) is 5.32 Å². The van der Waals surface area contributed by atoms with Gasteiger partial charge in [0.25, 0.3) is 0 Å². The number of amides is 1. The molecule has 1 saturated carbocycles. The van der Waals surface area contributed by atoms with E-state index in [1.807, 2.05) is 0 Å². The molecule has 2 N–H and O–H groups in total. The first-order chi connectivity index (χ1) is 9.11. The molecule has 5 heteroatoms. The average molecular weight is 327 g/mol. The molecule has 1 amide bonds. The number of halogens is 2. The fraction of sp³-hybridized carbons (Fsp3) is 0.500. The molecule has 1 heterocycles. The van der Waals surface area contributed by atoms with E-state index in [1.54, 1.807) is 12.1 Å². The Morgan fingerprint density at radius 2 is 2.16 bits per heavy atom. The number of anilines is 1. The number of hydrogen-bond acceptors (Lipinski definition) is 2. The van der Waals surface area contributed by atoms with Crippen LogP contribution in [0, 0.1) is 17.2 Å². The minimum absolute atomic E-state index is 0.0388. The van der Waals surface area contributed by atoms with Gasteiger partial charge in [0.15, 0.2) is 0 Å². The second-order valence-corrected chi connectivity index (χ2v) is 6.40. The van der Waals surface area contributed by atoms with Crippen LogP contribution in [0.3, 0.4) is 0 Å². The summed E-state index contributed by atoms with van der Waals surface area (Å²) in [5.74, 6) is -0.386. The molecule has 1 unspecified atom stereocenters. The van der Waals surface area contributed by atoms with Crippen LogP contribution in [0.5, 0.6) is 0 Å². The SMILES string of the molecule is O=C(Nc1ccc(Br)cc1F)C1CC12CCNCC2. The van der Waals surface area contributed by atoms with Gasteiger partial charge in [0.1, 0.15) is 5.82 Å². The summed E-state index contributed by atoms with van der Waals surface area (Å²) in [7, 11) is 0. The van der Waals surface area contributed by atoms with Gasteiger partial charge in [-0.25, -0.2) is 4.39 Å². The first kappa shape index (κ1) is 13.1. The van der Waals surface area contributed by atoms with Gasteiger partial charge >= 0.3 is 0 Å². The van der Waals surface area contributed by atoms with E-state index in [1.165, 1.54) is 6.07 Å². The number of piperidine rings is 1. The third kappa shape index (κ3) is 2.54. The second-order valence-electron chi connectivity index (χ2n) is 5.48. The molecular weight excluding hydrogens is 311 g/mol. The first-order valence-corrected chi connectivity index (χ1v) is 7.37. The molecule has 0 radical (unpaired) electrons. The lowest BCUT2D eigenvalue weighted by Crippen LogP contribution is -2.31. The fourth-order valence-corrected chi connectivity index (χ4v) is 3.34. The van der Waals surface area contributed by atoms with Gasteiger partial charge in [0.05, 0.1) is 5.69 Å². The molecular formula is C14H16BrFN2O. The minimum Gasteiger partial charge on any atom is -0.323 e. The van der Waals surface area contributed by atoms with Crippen molar-refractivity contribution in [2.75, 3.05) is 18.4 Å². The highest BCUT2D eigenvalue weighted by molar-refractivity contribution is 9.10. The van der Waals surface area contributed by atoms with Gasteiger partial charge in [-0.3, -0.25) is 4.79 Å². The predicted molar refractivity (Wildman–Crippen MR) is 75.4 cm³/mol. The molecule has 2 aliphatic rings. The van der Waals surface area contributed by atoms with Crippen molar-refractivity contribution in [2.24, 2.45) is 11.3 Å². The summed E-state index contributed by atoms with van der Waals surface area (Å²) in [6.45, 7) is 1.97. The predicted octanol–water partition coefficient (Wildman–Crippen LogP) is 2.92. The number of nitrogens with one attached hydrogen (secondary N) is 2. The maximum atomic E-state index is 13.7. The van der Waals surface area contributed by atoms with Crippen molar-refractivity contribution in [2.45, 2.75) is 19.3 Å². The Kier molecular flexibility index (Phi) is 3.35. The van der Waals surface area contributed by atoms with Crippen LogP contribution < -0.4 is 10.6 Å². The summed E-state index contributed by atoms with van der Waals surface area (Å²) in [6, 6.07) is 4.68. The topological polar surface area (TPSA) is 41.1 Å². The van der Waals surface area contributed by atoms with Gasteiger partial charge in [-0.1, -0.05) is 15.9 Å². The van der Waals surface area contributed by atoms with Crippen LogP contribution in [0.2, 0.25) is 0 Å². The summed E-state index contributed by atoms with van der Waals surface area (Å²) >= 11 is 3.20. The Hall–Kier alpha value is -0.940. The zero-order chi connectivity index (χ0) is 13.5. The maximum absolute atomic E-state index is 13.7. The highest BCUT2D eigenvalue weighted by Crippen LogP contribution is 2.58. The van der Waals surface area contributed by atoms with Crippen molar-refractivity contribution in [3.05, 3.63) is 28.5 Å². The van der Waals surface area contributed by atoms with E-state index in [2.05, 4.69) is 26.6 Å². The first-order valence-electron chi connectivity index (χ1n) is 6.57. The van der Waals surface area contributed by atoms with Crippen molar-refractivity contribution in [1.29, 1.82) is 0 Å². The zero-order valence-corrected chi connectivity index (χ0v) is 12.1. The Balaban J connectivity index is 1.66. The third-order valence-corrected chi connectivity index (χ3v) is 4.79. The van der Waals surface area contributed by atoms with Crippen molar-refractivity contribution >= 4 is 27.5 Å². The molecule has 1 aromatic carbocycles. The van der Waals surface area contributed by atoms with Crippen LogP contribution in [-0.4, -0.2) is 19.0 Å². The lowest BCUT2D eigenvalue weighted by molar-refractivity contribution is -0.118. The largest absolute Gasteiger partial charge is 0.323 e. The van der Waals surface area contributed by atoms with Crippen LogP contribution in [0.4, 0.5) is 10.1 Å². The highest BCUT2D eigenvalue weighted by Gasteiger charge is 2.57. The maximum Gasteiger partial charge on any atom is 0.228 e. The minimum atomic E-state index is -0.400. The monoisotopic (exact) mass is 326 g/mol. The van der Waals surface area contributed by atoms with Gasteiger partial charge in [0, 0.05) is 10.4 Å². The molecule has 0 aromatic heterocycles. The molecule has 1 aliphatic carbocycles. The summed E-state index contributed by atoms with van der Waals surface area (Å²) in [4.78, 5) is 12.2. The lowest BCUT2D eigenvalue weighted by atomic mass is 9.92. The van der Waals surface area contributed by atoms with Gasteiger partial charge in [0.2, 0.25) is 5.91 Å². The van der Waals surface area contributed by atoms with Crippen LogP contribution in [0.15, 0.2) is 22.7 Å². The number of benzene rings is 1. The van der Waals surface area contributed by atoms with Gasteiger partial charge < -0.3 is 10.6 Å². The summed E-state index contributed by atoms with van der Waals surface area (Å²) in [5, 5.41) is 6.02. The molecule has 2 fully saturated rings. The standard InChI is InChI=1S/C14H16BrFN2O/c15-9-1-2-12(11(16)7-9)18-13(19)10-8-14(10)3-5-17-6-4-14/h1-2,7,10,17H,3-6,8H2,(H,18,19). The molecule has 3 rings (SSSR count). The van der Waals surface area contributed by atoms with E-state index in [4.69, 9.17) is 0 Å². The smallest absolute Gasteiger partial charge is 0.228 e. The number of hydrogen-bond donors (Lipinski definition) is 2. The van der Waals surface area contributed by atoms with E-state index < -0.39 is 5.82 Å². The van der Waals surface area contributed by atoms with Crippen LogP contribution in [0.25, 0.3) is 0 Å². The van der Waals surface area contributed by atoms with Crippen LogP contribution in [0.1, 0.15) is 19.3 Å². The Morgan fingerprint density at radius 3 is 2.84 bits per heavy atom. The molecule has 3 nitrogen and oxygen atoms in total. The molecule has 1 spiro atoms. The van der Waals surface area contributed by atoms with E-state index in [-0.39, 0.29) is 22.9 Å². The van der Waals surface area contributed by atoms with Crippen molar-refractivity contribution < 1.29 is 9.18 Å². The van der Waals surface area contributed by atoms with E-state index in [9.17, 15) is 9.18 Å². The Morgan fingerprint density at radius 1 is 1.42 bits per heavy atom. The summed E-state index contributed by atoms with van der Waals surface area (Å²) in [6.07, 6.45) is 3.04. The fourth-order valence-electron chi connectivity index (χ4n) is 3.01. The van der Waals surface area contributed by atoms with Crippen LogP contribution in [-0.2, 0) is 4.79 Å². The molecule has 1 atom stereocenters. The number of carbonyl (C=O) groups excluding carboxylic acids is 1. The number of carbonyl (C=O) groups is 1. The summed E-state index contributed by atoms with van der Waals surface area (Å²) < 4.78 is 14.3. The Labute approximate surface area is 120 Å². The second kappa shape index (κ2) is 4.87. The van der Waals surface area contributed by atoms with Gasteiger partial charge in [-0.05, 0) is 56.0 Å². The lowest BCUT2D eigenvalue weighted by Gasteiger charge is -2.23. The highest BCUT2D eigenvalue weighted by atomic mass is 79.9. The van der Waals surface area contributed by atoms with E-state index in [0.29, 0.717) is 4.47 Å². The Bertz CT molecular complexity index is 514. The normalized spacial score (nSPS) is 24.2. The average Bonchev–Trinajstić information content (AvgIpc) is 3.07. The quantitative estimate of drug-likeness (QED) is 0.877. The third-order valence-electron chi connectivity index (χ3n) is 4.29. The number of rotatable bonds is 2. The molecule has 1 aromatic rings. The molecule has 1 aliphatic heterocycles. The van der Waals surface area contributed by atoms with Crippen LogP contribution >= 0.6 is 15.9 Å². The molecule has 102 valence electrons. The van der Waals surface area contributed by atoms with Crippen molar-refractivity contribution in [3.63, 3.8) is 0 Å². The molecule has 19 heavy (non-hydrogen) atoms. The molecule has 1 saturated heterocycles.